The van der Waals surface area contributed by atoms with Gasteiger partial charge in [0.1, 0.15) is 22.8 Å². The number of nitro benzene ring substituents is 1. The van der Waals surface area contributed by atoms with Crippen molar-refractivity contribution in [3.8, 4) is 11.5 Å². The van der Waals surface area contributed by atoms with Gasteiger partial charge in [-0.2, -0.15) is 0 Å². The number of aromatic nitrogens is 1. The number of carbonyl (C=O) groups excluding carboxylic acids is 1. The average molecular weight is 347 g/mol. The van der Waals surface area contributed by atoms with Gasteiger partial charge in [-0.1, -0.05) is 0 Å². The van der Waals surface area contributed by atoms with Gasteiger partial charge in [0.25, 0.3) is 12.2 Å². The number of hydrogen-bond acceptors (Lipinski definition) is 7. The monoisotopic (exact) mass is 347 g/mol. The van der Waals surface area contributed by atoms with Crippen LogP contribution in [0.4, 0.5) is 11.4 Å². The van der Waals surface area contributed by atoms with Crippen LogP contribution in [-0.2, 0) is 9.53 Å². The van der Waals surface area contributed by atoms with Crippen LogP contribution < -0.4 is 10.1 Å². The highest BCUT2D eigenvalue weighted by Gasteiger charge is 2.14. The Hall–Kier alpha value is -3.16. The molecule has 0 atom stereocenters. The number of benzene rings is 1. The summed E-state index contributed by atoms with van der Waals surface area (Å²) in [7, 11) is 1.63. The Balaban J connectivity index is 0.000000381. The van der Waals surface area contributed by atoms with Crippen LogP contribution in [0.2, 0.25) is 0 Å². The van der Waals surface area contributed by atoms with E-state index in [1.54, 1.807) is 43.7 Å². The molecule has 1 aromatic heterocycles. The minimum absolute atomic E-state index is 0.0240. The van der Waals surface area contributed by atoms with Crippen molar-refractivity contribution in [2.24, 2.45) is 0 Å². The summed E-state index contributed by atoms with van der Waals surface area (Å²) in [5.41, 5.74) is 0.105. The van der Waals surface area contributed by atoms with E-state index in [0.29, 0.717) is 23.7 Å². The Bertz CT molecular complexity index is 699. The molecule has 0 bridgehead atoms. The molecule has 0 aliphatic rings. The van der Waals surface area contributed by atoms with Crippen LogP contribution >= 0.6 is 0 Å². The summed E-state index contributed by atoms with van der Waals surface area (Å²) >= 11 is 0. The number of pyridine rings is 1. The molecule has 2 aromatic rings. The summed E-state index contributed by atoms with van der Waals surface area (Å²) in [5, 5.41) is 13.6. The molecule has 8 heteroatoms. The van der Waals surface area contributed by atoms with Crippen molar-refractivity contribution in [2.45, 2.75) is 26.4 Å². The molecule has 0 aliphatic carbocycles. The molecular formula is C17H21N3O5. The highest BCUT2D eigenvalue weighted by Crippen LogP contribution is 2.30. The van der Waals surface area contributed by atoms with Gasteiger partial charge in [-0.3, -0.25) is 19.9 Å². The second-order valence-electron chi connectivity index (χ2n) is 5.80. The fourth-order valence-electron chi connectivity index (χ4n) is 1.62. The molecule has 0 spiro atoms. The molecule has 134 valence electrons. The quantitative estimate of drug-likeness (QED) is 0.498. The van der Waals surface area contributed by atoms with Crippen LogP contribution in [0.25, 0.3) is 0 Å². The van der Waals surface area contributed by atoms with Crippen LogP contribution in [0.15, 0.2) is 42.7 Å². The molecule has 0 fully saturated rings. The first-order valence-electron chi connectivity index (χ1n) is 7.42. The van der Waals surface area contributed by atoms with Crippen molar-refractivity contribution in [1.29, 1.82) is 0 Å². The Kier molecular flexibility index (Phi) is 7.33. The second-order valence-corrected chi connectivity index (χ2v) is 5.80. The molecule has 0 radical (unpaired) electrons. The van der Waals surface area contributed by atoms with E-state index in [1.165, 1.54) is 6.07 Å². The molecule has 25 heavy (non-hydrogen) atoms. The maximum absolute atomic E-state index is 10.9. The second kappa shape index (κ2) is 9.21. The topological polar surface area (TPSA) is 104 Å². The largest absolute Gasteiger partial charge is 0.462 e. The van der Waals surface area contributed by atoms with Gasteiger partial charge in [0.05, 0.1) is 11.0 Å². The molecular weight excluding hydrogens is 326 g/mol. The number of rotatable bonds is 5. The lowest BCUT2D eigenvalue weighted by Crippen LogP contribution is -2.17. The van der Waals surface area contributed by atoms with Crippen molar-refractivity contribution in [1.82, 2.24) is 4.98 Å². The lowest BCUT2D eigenvalue weighted by Gasteiger charge is -2.14. The molecule has 2 rings (SSSR count). The molecule has 1 N–H and O–H groups in total. The number of nitrogens with one attached hydrogen (secondary N) is 1. The zero-order chi connectivity index (χ0) is 18.9. The van der Waals surface area contributed by atoms with Gasteiger partial charge in [-0.05, 0) is 45.0 Å². The van der Waals surface area contributed by atoms with E-state index in [0.717, 1.165) is 0 Å². The van der Waals surface area contributed by atoms with Gasteiger partial charge in [-0.15, -0.1) is 0 Å². The van der Waals surface area contributed by atoms with Crippen LogP contribution in [0.1, 0.15) is 20.8 Å². The third-order valence-electron chi connectivity index (χ3n) is 2.72. The van der Waals surface area contributed by atoms with E-state index in [4.69, 9.17) is 4.74 Å². The van der Waals surface area contributed by atoms with Crippen molar-refractivity contribution < 1.29 is 19.2 Å². The summed E-state index contributed by atoms with van der Waals surface area (Å²) in [4.78, 5) is 23.9. The van der Waals surface area contributed by atoms with Gasteiger partial charge in [0, 0.05) is 19.4 Å². The Morgan fingerprint density at radius 1 is 1.16 bits per heavy atom. The highest BCUT2D eigenvalue weighted by atomic mass is 16.6. The van der Waals surface area contributed by atoms with Crippen molar-refractivity contribution in [3.63, 3.8) is 0 Å². The van der Waals surface area contributed by atoms with Crippen LogP contribution in [-0.4, -0.2) is 29.0 Å². The number of hydrogen-bond donors (Lipinski definition) is 1. The standard InChI is InChI=1S/C12H11N3O3.C5H10O2/c1-13-11-3-2-10(8-12(11)15(16)17)18-9-4-6-14-7-5-9;1-5(2,3)7-4-6/h2-8,13H,1H3;4H,1-3H3. The van der Waals surface area contributed by atoms with Gasteiger partial charge in [0.15, 0.2) is 0 Å². The summed E-state index contributed by atoms with van der Waals surface area (Å²) in [5.74, 6) is 0.989. The van der Waals surface area contributed by atoms with Gasteiger partial charge in [-0.25, -0.2) is 0 Å². The Morgan fingerprint density at radius 3 is 2.24 bits per heavy atom. The van der Waals surface area contributed by atoms with E-state index in [9.17, 15) is 14.9 Å². The smallest absolute Gasteiger partial charge is 0.296 e. The molecule has 8 nitrogen and oxygen atoms in total. The van der Waals surface area contributed by atoms with Crippen molar-refractivity contribution in [3.05, 3.63) is 52.8 Å². The number of carbonyl (C=O) groups is 1. The van der Waals surface area contributed by atoms with E-state index in [1.807, 2.05) is 20.8 Å². The van der Waals surface area contributed by atoms with E-state index >= 15 is 0 Å². The molecule has 0 unspecified atom stereocenters. The zero-order valence-corrected chi connectivity index (χ0v) is 14.6. The predicted octanol–water partition coefficient (Wildman–Crippen LogP) is 3.78. The fraction of sp³-hybridized carbons (Fsp3) is 0.294. The molecule has 0 aliphatic heterocycles. The number of ether oxygens (including phenoxy) is 2. The Labute approximate surface area is 145 Å². The van der Waals surface area contributed by atoms with E-state index in [2.05, 4.69) is 15.0 Å². The fourth-order valence-corrected chi connectivity index (χ4v) is 1.62. The molecule has 0 saturated heterocycles. The van der Waals surface area contributed by atoms with Gasteiger partial charge >= 0.3 is 0 Å². The van der Waals surface area contributed by atoms with Gasteiger partial charge < -0.3 is 14.8 Å². The third-order valence-corrected chi connectivity index (χ3v) is 2.72. The minimum Gasteiger partial charge on any atom is -0.462 e. The lowest BCUT2D eigenvalue weighted by atomic mass is 10.2. The molecule has 1 heterocycles. The zero-order valence-electron chi connectivity index (χ0n) is 14.6. The van der Waals surface area contributed by atoms with Crippen molar-refractivity contribution in [2.75, 3.05) is 12.4 Å². The highest BCUT2D eigenvalue weighted by molar-refractivity contribution is 5.63. The number of nitro groups is 1. The maximum Gasteiger partial charge on any atom is 0.296 e. The average Bonchev–Trinajstić information content (AvgIpc) is 2.55. The summed E-state index contributed by atoms with van der Waals surface area (Å²) < 4.78 is 10.0. The minimum atomic E-state index is -0.453. The van der Waals surface area contributed by atoms with Crippen LogP contribution in [0, 0.1) is 10.1 Å². The molecule has 1 aromatic carbocycles. The normalized spacial score (nSPS) is 10.1. The third kappa shape index (κ3) is 7.30. The molecule has 0 amide bonds. The Morgan fingerprint density at radius 2 is 1.80 bits per heavy atom. The lowest BCUT2D eigenvalue weighted by molar-refractivity contribution is -0.384. The SMILES string of the molecule is CC(C)(C)OC=O.CNc1ccc(Oc2ccncc2)cc1[N+](=O)[O-]. The number of nitrogens with zero attached hydrogens (tertiary/aromatic N) is 2. The van der Waals surface area contributed by atoms with Crippen molar-refractivity contribution >= 4 is 17.8 Å². The van der Waals surface area contributed by atoms with E-state index in [-0.39, 0.29) is 11.3 Å². The molecule has 0 saturated carbocycles. The first-order valence-corrected chi connectivity index (χ1v) is 7.42. The maximum atomic E-state index is 10.9. The summed E-state index contributed by atoms with van der Waals surface area (Å²) in [6, 6.07) is 8.01. The van der Waals surface area contributed by atoms with Crippen LogP contribution in [0.5, 0.6) is 11.5 Å². The summed E-state index contributed by atoms with van der Waals surface area (Å²) in [6.07, 6.45) is 3.18. The first-order chi connectivity index (χ1) is 11.8. The van der Waals surface area contributed by atoms with Crippen LogP contribution in [0.3, 0.4) is 0 Å². The van der Waals surface area contributed by atoms with E-state index < -0.39 is 4.92 Å². The van der Waals surface area contributed by atoms with Gasteiger partial charge in [0.2, 0.25) is 0 Å². The summed E-state index contributed by atoms with van der Waals surface area (Å²) in [6.45, 7) is 5.92. The predicted molar refractivity (Wildman–Crippen MR) is 93.9 cm³/mol. The number of anilines is 1. The first kappa shape index (κ1) is 19.9.